The molecule has 0 aliphatic carbocycles. The second kappa shape index (κ2) is 15.6. The predicted molar refractivity (Wildman–Crippen MR) is 215 cm³/mol. The fraction of sp³-hybridized carbons (Fsp3) is 0.271. The summed E-state index contributed by atoms with van der Waals surface area (Å²) < 4.78 is 6.70. The first-order valence-corrected chi connectivity index (χ1v) is 17.9. The SMILES string of the molecule is CC(C)(C)Cc1c[c-]c(-c2ccccn2)c2oc3c(-c4ccc(C(C)(C)C)cc4)c(C#N)ccc3c12.CC(C)(C)c1ccc(-c2[c-]cccc2)nc1.[Ir]. The van der Waals surface area contributed by atoms with Gasteiger partial charge in [0.15, 0.2) is 0 Å². The Hall–Kier alpha value is -4.88. The van der Waals surface area contributed by atoms with Gasteiger partial charge < -0.3 is 14.4 Å². The number of aromatic nitrogens is 2. The summed E-state index contributed by atoms with van der Waals surface area (Å²) >= 11 is 0. The molecule has 0 bridgehead atoms. The summed E-state index contributed by atoms with van der Waals surface area (Å²) in [7, 11) is 0. The molecule has 3 heterocycles. The first-order valence-electron chi connectivity index (χ1n) is 17.9. The van der Waals surface area contributed by atoms with Gasteiger partial charge in [-0.3, -0.25) is 0 Å². The molecule has 1 radical (unpaired) electrons. The van der Waals surface area contributed by atoms with E-state index in [2.05, 4.69) is 133 Å². The molecule has 271 valence electrons. The maximum absolute atomic E-state index is 10.0. The summed E-state index contributed by atoms with van der Waals surface area (Å²) in [6, 6.07) is 41.6. The Labute approximate surface area is 328 Å². The van der Waals surface area contributed by atoms with Gasteiger partial charge in [0.05, 0.1) is 17.2 Å². The number of benzene rings is 4. The van der Waals surface area contributed by atoms with Gasteiger partial charge in [-0.2, -0.15) is 5.26 Å². The number of pyridine rings is 2. The smallest absolute Gasteiger partial charge is 0.130 e. The Kier molecular flexibility index (Phi) is 11.6. The fourth-order valence-corrected chi connectivity index (χ4v) is 6.43. The molecule has 7 aromatic rings. The summed E-state index contributed by atoms with van der Waals surface area (Å²) in [6.45, 7) is 19.9. The number of hydrogen-bond donors (Lipinski definition) is 0. The predicted octanol–water partition coefficient (Wildman–Crippen LogP) is 12.7. The number of fused-ring (bicyclic) bond motifs is 3. The number of nitriles is 1. The molecule has 4 nitrogen and oxygen atoms in total. The third kappa shape index (κ3) is 8.85. The average Bonchev–Trinajstić information content (AvgIpc) is 3.51. The Morgan fingerprint density at radius 3 is 1.96 bits per heavy atom. The van der Waals surface area contributed by atoms with Crippen LogP contribution in [-0.4, -0.2) is 9.97 Å². The number of hydrogen-bond acceptors (Lipinski definition) is 4. The van der Waals surface area contributed by atoms with Gasteiger partial charge in [0.2, 0.25) is 0 Å². The zero-order valence-corrected chi connectivity index (χ0v) is 34.6. The quantitative estimate of drug-likeness (QED) is 0.165. The minimum atomic E-state index is 0. The van der Waals surface area contributed by atoms with Crippen molar-refractivity contribution in [3.05, 3.63) is 144 Å². The minimum absolute atomic E-state index is 0. The number of rotatable bonds is 4. The van der Waals surface area contributed by atoms with Crippen LogP contribution in [0.25, 0.3) is 55.6 Å². The summed E-state index contributed by atoms with van der Waals surface area (Å²) in [5.74, 6) is 0. The van der Waals surface area contributed by atoms with E-state index in [0.717, 1.165) is 62.0 Å². The Morgan fingerprint density at radius 2 is 1.40 bits per heavy atom. The third-order valence-electron chi connectivity index (χ3n) is 9.21. The van der Waals surface area contributed by atoms with Crippen molar-refractivity contribution in [3.8, 4) is 39.7 Å². The molecular formula is C48H47IrN3O-2. The van der Waals surface area contributed by atoms with Crippen LogP contribution < -0.4 is 0 Å². The molecule has 0 amide bonds. The summed E-state index contributed by atoms with van der Waals surface area (Å²) in [6.07, 6.45) is 4.62. The van der Waals surface area contributed by atoms with Gasteiger partial charge in [-0.25, -0.2) is 0 Å². The molecule has 5 heteroatoms. The van der Waals surface area contributed by atoms with Crippen molar-refractivity contribution in [1.82, 2.24) is 9.97 Å². The molecule has 0 saturated carbocycles. The zero-order chi connectivity index (χ0) is 37.3. The van der Waals surface area contributed by atoms with Gasteiger partial charge in [-0.05, 0) is 56.5 Å². The Morgan fingerprint density at radius 1 is 0.698 bits per heavy atom. The fourth-order valence-electron chi connectivity index (χ4n) is 6.43. The van der Waals surface area contributed by atoms with E-state index in [1.807, 2.05) is 60.8 Å². The summed E-state index contributed by atoms with van der Waals surface area (Å²) in [5, 5.41) is 12.1. The van der Waals surface area contributed by atoms with Crippen LogP contribution in [0.2, 0.25) is 0 Å². The molecule has 0 saturated heterocycles. The molecule has 7 rings (SSSR count). The Bertz CT molecular complexity index is 2350. The van der Waals surface area contributed by atoms with E-state index in [-0.39, 0.29) is 36.4 Å². The molecule has 0 spiro atoms. The monoisotopic (exact) mass is 874 g/mol. The van der Waals surface area contributed by atoms with Crippen molar-refractivity contribution < 1.29 is 24.5 Å². The molecule has 0 fully saturated rings. The maximum Gasteiger partial charge on any atom is 0.130 e. The molecule has 53 heavy (non-hydrogen) atoms. The molecule has 3 aromatic heterocycles. The second-order valence-electron chi connectivity index (χ2n) is 16.7. The molecule has 0 aliphatic rings. The number of nitrogens with zero attached hydrogens (tertiary/aromatic N) is 3. The van der Waals surface area contributed by atoms with Gasteiger partial charge >= 0.3 is 0 Å². The van der Waals surface area contributed by atoms with E-state index in [0.29, 0.717) is 5.56 Å². The normalized spacial score (nSPS) is 11.8. The van der Waals surface area contributed by atoms with Gasteiger partial charge in [-0.1, -0.05) is 134 Å². The molecule has 4 aromatic carbocycles. The first kappa shape index (κ1) is 39.3. The molecule has 0 aliphatic heterocycles. The zero-order valence-electron chi connectivity index (χ0n) is 32.2. The van der Waals surface area contributed by atoms with E-state index in [4.69, 9.17) is 4.42 Å². The topological polar surface area (TPSA) is 62.7 Å². The van der Waals surface area contributed by atoms with Crippen LogP contribution in [-0.2, 0) is 37.4 Å². The second-order valence-corrected chi connectivity index (χ2v) is 16.7. The van der Waals surface area contributed by atoms with E-state index in [1.165, 1.54) is 16.7 Å². The van der Waals surface area contributed by atoms with E-state index in [9.17, 15) is 5.26 Å². The molecular weight excluding hydrogens is 827 g/mol. The van der Waals surface area contributed by atoms with E-state index in [1.54, 1.807) is 6.20 Å². The Balaban J connectivity index is 0.000000267. The summed E-state index contributed by atoms with van der Waals surface area (Å²) in [4.78, 5) is 9.06. The van der Waals surface area contributed by atoms with Gasteiger partial charge in [0, 0.05) is 43.4 Å². The minimum Gasteiger partial charge on any atom is -0.500 e. The van der Waals surface area contributed by atoms with Crippen molar-refractivity contribution in [2.75, 3.05) is 0 Å². The molecule has 0 atom stereocenters. The van der Waals surface area contributed by atoms with E-state index < -0.39 is 0 Å². The third-order valence-corrected chi connectivity index (χ3v) is 9.21. The van der Waals surface area contributed by atoms with Crippen molar-refractivity contribution in [2.45, 2.75) is 79.6 Å². The van der Waals surface area contributed by atoms with Crippen LogP contribution in [0.3, 0.4) is 0 Å². The van der Waals surface area contributed by atoms with Gasteiger partial charge in [0.1, 0.15) is 5.58 Å². The van der Waals surface area contributed by atoms with Gasteiger partial charge in [0.25, 0.3) is 0 Å². The van der Waals surface area contributed by atoms with Crippen molar-refractivity contribution in [1.29, 1.82) is 5.26 Å². The van der Waals surface area contributed by atoms with Crippen LogP contribution in [0, 0.1) is 28.9 Å². The maximum atomic E-state index is 10.0. The standard InChI is InChI=1S/C33H31N2O.C15H16N.Ir/c1-32(2,3)19-22-12-16-25(27-9-7-8-18-35-27)30-29(22)26-17-13-23(20-34)28(31(26)36-30)21-10-14-24(15-11-21)33(4,5)6;1-15(2,3)13-9-10-14(16-11-13)12-7-5-4-6-8-12;/h7-15,17-18H,19H2,1-6H3;4-7,9-11H,1-3H3;/q2*-1;. The van der Waals surface area contributed by atoms with Crippen molar-refractivity contribution in [3.63, 3.8) is 0 Å². The van der Waals surface area contributed by atoms with Gasteiger partial charge in [-0.15, -0.1) is 53.6 Å². The van der Waals surface area contributed by atoms with Crippen molar-refractivity contribution >= 4 is 21.9 Å². The van der Waals surface area contributed by atoms with Crippen LogP contribution in [0.5, 0.6) is 0 Å². The largest absolute Gasteiger partial charge is 0.500 e. The van der Waals surface area contributed by atoms with Crippen molar-refractivity contribution in [2.24, 2.45) is 5.41 Å². The average molecular weight is 874 g/mol. The van der Waals surface area contributed by atoms with Crippen LogP contribution in [0.15, 0.2) is 114 Å². The number of furan rings is 1. The molecule has 0 N–H and O–H groups in total. The van der Waals surface area contributed by atoms with Crippen LogP contribution >= 0.6 is 0 Å². The molecule has 0 unspecified atom stereocenters. The van der Waals surface area contributed by atoms with Crippen LogP contribution in [0.1, 0.15) is 84.6 Å². The summed E-state index contributed by atoms with van der Waals surface area (Å²) in [5.41, 5.74) is 11.6. The first-order chi connectivity index (χ1) is 24.6. The van der Waals surface area contributed by atoms with Crippen LogP contribution in [0.4, 0.5) is 0 Å². The van der Waals surface area contributed by atoms with E-state index >= 15 is 0 Å².